The molecule has 2 heterocycles. The average molecular weight is 351 g/mol. The molecule has 134 valence electrons. The smallest absolute Gasteiger partial charge is 0.273 e. The highest BCUT2D eigenvalue weighted by Gasteiger charge is 2.18. The molecule has 0 saturated carbocycles. The lowest BCUT2D eigenvalue weighted by Gasteiger charge is -2.22. The fraction of sp³-hybridized carbons (Fsp3) is 0.438. The number of amides is 1. The van der Waals surface area contributed by atoms with Crippen molar-refractivity contribution in [2.24, 2.45) is 0 Å². The Hall–Kier alpha value is -2.55. The molecular formula is C16H19F2N5O2. The molecule has 9 heteroatoms. The van der Waals surface area contributed by atoms with Gasteiger partial charge in [0.15, 0.2) is 17.3 Å². The van der Waals surface area contributed by atoms with E-state index in [0.717, 1.165) is 38.1 Å². The average Bonchev–Trinajstić information content (AvgIpc) is 3.12. The van der Waals surface area contributed by atoms with Gasteiger partial charge in [0, 0.05) is 6.07 Å². The van der Waals surface area contributed by atoms with E-state index in [-0.39, 0.29) is 36.5 Å². The zero-order valence-corrected chi connectivity index (χ0v) is 13.5. The third-order valence-electron chi connectivity index (χ3n) is 3.97. The number of hydrogen-bond acceptors (Lipinski definition) is 5. The molecule has 2 N–H and O–H groups in total. The number of nitrogens with zero attached hydrogens (tertiary/aromatic N) is 3. The molecule has 1 aromatic heterocycles. The summed E-state index contributed by atoms with van der Waals surface area (Å²) in [6.07, 6.45) is 3.54. The van der Waals surface area contributed by atoms with Crippen molar-refractivity contribution in [3.63, 3.8) is 0 Å². The van der Waals surface area contributed by atoms with Crippen LogP contribution < -0.4 is 15.4 Å². The highest BCUT2D eigenvalue weighted by molar-refractivity contribution is 5.91. The van der Waals surface area contributed by atoms with Gasteiger partial charge in [-0.05, 0) is 38.1 Å². The van der Waals surface area contributed by atoms with Crippen LogP contribution in [-0.4, -0.2) is 47.1 Å². The van der Waals surface area contributed by atoms with E-state index < -0.39 is 11.6 Å². The summed E-state index contributed by atoms with van der Waals surface area (Å²) in [4.78, 5) is 12.0. The number of carbonyl (C=O) groups is 1. The zero-order valence-electron chi connectivity index (χ0n) is 13.5. The van der Waals surface area contributed by atoms with Crippen molar-refractivity contribution < 1.29 is 18.3 Å². The number of hydrogen-bond donors (Lipinski definition) is 2. The number of ether oxygens (including phenoxy) is 1. The number of nitrogens with one attached hydrogen (secondary N) is 2. The molecule has 1 amide bonds. The van der Waals surface area contributed by atoms with Gasteiger partial charge in [0.2, 0.25) is 0 Å². The van der Waals surface area contributed by atoms with Gasteiger partial charge in [-0.1, -0.05) is 5.21 Å². The Labute approximate surface area is 143 Å². The Kier molecular flexibility index (Phi) is 5.54. The first kappa shape index (κ1) is 17.3. The van der Waals surface area contributed by atoms with Crippen LogP contribution >= 0.6 is 0 Å². The van der Waals surface area contributed by atoms with Crippen LogP contribution in [0.25, 0.3) is 0 Å². The number of piperidine rings is 1. The van der Waals surface area contributed by atoms with E-state index in [2.05, 4.69) is 20.9 Å². The molecule has 1 saturated heterocycles. The zero-order chi connectivity index (χ0) is 17.6. The minimum atomic E-state index is -0.976. The van der Waals surface area contributed by atoms with Gasteiger partial charge in [0.05, 0.1) is 18.8 Å². The van der Waals surface area contributed by atoms with Crippen LogP contribution in [0.15, 0.2) is 24.4 Å². The lowest BCUT2D eigenvalue weighted by molar-refractivity contribution is 0.0942. The predicted octanol–water partition coefficient (Wildman–Crippen LogP) is 1.29. The number of rotatable bonds is 6. The molecule has 0 unspecified atom stereocenters. The second-order valence-electron chi connectivity index (χ2n) is 5.75. The van der Waals surface area contributed by atoms with E-state index in [4.69, 9.17) is 4.74 Å². The first-order chi connectivity index (χ1) is 12.1. The summed E-state index contributed by atoms with van der Waals surface area (Å²) in [5.41, 5.74) is 0.242. The van der Waals surface area contributed by atoms with Crippen LogP contribution in [0, 0.1) is 11.6 Å². The molecule has 1 aromatic carbocycles. The highest BCUT2D eigenvalue weighted by Crippen LogP contribution is 2.17. The van der Waals surface area contributed by atoms with Gasteiger partial charge in [0.25, 0.3) is 5.91 Å². The molecule has 1 aliphatic rings. The molecule has 0 spiro atoms. The summed E-state index contributed by atoms with van der Waals surface area (Å²) in [5.74, 6) is -2.06. The lowest BCUT2D eigenvalue weighted by Crippen LogP contribution is -2.30. The van der Waals surface area contributed by atoms with Crippen LogP contribution in [0.5, 0.6) is 5.75 Å². The fourth-order valence-corrected chi connectivity index (χ4v) is 2.62. The third-order valence-corrected chi connectivity index (χ3v) is 3.97. The Bertz CT molecular complexity index is 731. The molecule has 7 nitrogen and oxygen atoms in total. The van der Waals surface area contributed by atoms with Crippen LogP contribution in [0.1, 0.15) is 29.4 Å². The maximum atomic E-state index is 13.0. The van der Waals surface area contributed by atoms with Crippen molar-refractivity contribution in [1.29, 1.82) is 0 Å². The predicted molar refractivity (Wildman–Crippen MR) is 85.3 cm³/mol. The van der Waals surface area contributed by atoms with Crippen LogP contribution in [0.4, 0.5) is 8.78 Å². The Morgan fingerprint density at radius 3 is 2.88 bits per heavy atom. The van der Waals surface area contributed by atoms with E-state index in [1.54, 1.807) is 10.9 Å². The normalized spacial score (nSPS) is 15.1. The summed E-state index contributed by atoms with van der Waals surface area (Å²) in [6.45, 7) is 2.18. The van der Waals surface area contributed by atoms with Crippen molar-refractivity contribution in [3.8, 4) is 5.75 Å². The number of halogens is 2. The Balaban J connectivity index is 1.44. The standard InChI is InChI=1S/C16H19F2N5O2/c17-13-2-1-12(9-14(13)18)25-8-7-20-16(24)15-10-23(22-21-15)11-3-5-19-6-4-11/h1-2,9-11,19H,3-8H2,(H,20,24). The van der Waals surface area contributed by atoms with E-state index in [9.17, 15) is 13.6 Å². The molecule has 1 fully saturated rings. The molecule has 0 radical (unpaired) electrons. The summed E-state index contributed by atoms with van der Waals surface area (Å²) >= 11 is 0. The maximum absolute atomic E-state index is 13.0. The Morgan fingerprint density at radius 1 is 1.32 bits per heavy atom. The van der Waals surface area contributed by atoms with Crippen molar-refractivity contribution >= 4 is 5.91 Å². The molecule has 1 aliphatic heterocycles. The molecule has 0 aliphatic carbocycles. The topological polar surface area (TPSA) is 81.1 Å². The monoisotopic (exact) mass is 351 g/mol. The fourth-order valence-electron chi connectivity index (χ4n) is 2.62. The van der Waals surface area contributed by atoms with Gasteiger partial charge >= 0.3 is 0 Å². The lowest BCUT2D eigenvalue weighted by atomic mass is 10.1. The Morgan fingerprint density at radius 2 is 2.12 bits per heavy atom. The second-order valence-corrected chi connectivity index (χ2v) is 5.75. The van der Waals surface area contributed by atoms with E-state index >= 15 is 0 Å². The van der Waals surface area contributed by atoms with Gasteiger partial charge in [-0.3, -0.25) is 4.79 Å². The second kappa shape index (κ2) is 8.02. The molecule has 25 heavy (non-hydrogen) atoms. The number of aromatic nitrogens is 3. The quantitative estimate of drug-likeness (QED) is 0.767. The minimum Gasteiger partial charge on any atom is -0.492 e. The van der Waals surface area contributed by atoms with Crippen LogP contribution in [0.3, 0.4) is 0 Å². The summed E-state index contributed by atoms with van der Waals surface area (Å²) in [6, 6.07) is 3.53. The molecule has 2 aromatic rings. The van der Waals surface area contributed by atoms with Crippen molar-refractivity contribution in [2.75, 3.05) is 26.2 Å². The van der Waals surface area contributed by atoms with Crippen molar-refractivity contribution in [2.45, 2.75) is 18.9 Å². The summed E-state index contributed by atoms with van der Waals surface area (Å²) in [5, 5.41) is 13.8. The van der Waals surface area contributed by atoms with E-state index in [1.807, 2.05) is 0 Å². The largest absolute Gasteiger partial charge is 0.492 e. The minimum absolute atomic E-state index is 0.124. The van der Waals surface area contributed by atoms with Gasteiger partial charge in [-0.25, -0.2) is 13.5 Å². The van der Waals surface area contributed by atoms with Crippen molar-refractivity contribution in [3.05, 3.63) is 41.7 Å². The van der Waals surface area contributed by atoms with Gasteiger partial charge in [0.1, 0.15) is 12.4 Å². The SMILES string of the molecule is O=C(NCCOc1ccc(F)c(F)c1)c1cn(C2CCNCC2)nn1. The molecular weight excluding hydrogens is 332 g/mol. The van der Waals surface area contributed by atoms with E-state index in [1.165, 1.54) is 6.07 Å². The summed E-state index contributed by atoms with van der Waals surface area (Å²) < 4.78 is 32.8. The van der Waals surface area contributed by atoms with Crippen LogP contribution in [-0.2, 0) is 0 Å². The first-order valence-corrected chi connectivity index (χ1v) is 8.12. The van der Waals surface area contributed by atoms with Crippen molar-refractivity contribution in [1.82, 2.24) is 25.6 Å². The number of benzene rings is 1. The first-order valence-electron chi connectivity index (χ1n) is 8.12. The van der Waals surface area contributed by atoms with E-state index in [0.29, 0.717) is 0 Å². The summed E-state index contributed by atoms with van der Waals surface area (Å²) in [7, 11) is 0. The van der Waals surface area contributed by atoms with Gasteiger partial charge < -0.3 is 15.4 Å². The number of carbonyl (C=O) groups excluding carboxylic acids is 1. The molecule has 3 rings (SSSR count). The molecule has 0 bridgehead atoms. The molecule has 0 atom stereocenters. The van der Waals surface area contributed by atoms with Crippen LogP contribution in [0.2, 0.25) is 0 Å². The maximum Gasteiger partial charge on any atom is 0.273 e. The van der Waals surface area contributed by atoms with Gasteiger partial charge in [-0.2, -0.15) is 0 Å². The third kappa shape index (κ3) is 4.50. The van der Waals surface area contributed by atoms with Gasteiger partial charge in [-0.15, -0.1) is 5.10 Å². The highest BCUT2D eigenvalue weighted by atomic mass is 19.2.